The van der Waals surface area contributed by atoms with Crippen LogP contribution in [-0.2, 0) is 25.6 Å². The topological polar surface area (TPSA) is 112 Å². The Morgan fingerprint density at radius 1 is 1.08 bits per heavy atom. The third-order valence-corrected chi connectivity index (χ3v) is 7.20. The minimum Gasteiger partial charge on any atom is -0.475 e. The first-order chi connectivity index (χ1) is 17.5. The van der Waals surface area contributed by atoms with Crippen molar-refractivity contribution in [3.05, 3.63) is 16.1 Å². The lowest BCUT2D eigenvalue weighted by Gasteiger charge is -2.39. The van der Waals surface area contributed by atoms with Gasteiger partial charge < -0.3 is 19.7 Å². The third-order valence-electron chi connectivity index (χ3n) is 6.28. The summed E-state index contributed by atoms with van der Waals surface area (Å²) >= 11 is 1.79. The zero-order valence-corrected chi connectivity index (χ0v) is 22.1. The van der Waals surface area contributed by atoms with Crippen LogP contribution in [0.2, 0.25) is 0 Å². The first-order valence-electron chi connectivity index (χ1n) is 11.5. The number of methoxy groups -OCH3 is 2. The van der Waals surface area contributed by atoms with Gasteiger partial charge in [0.25, 0.3) is 0 Å². The quantitative estimate of drug-likeness (QED) is 0.466. The molecule has 0 amide bonds. The summed E-state index contributed by atoms with van der Waals surface area (Å²) < 4.78 is 74.2. The lowest BCUT2D eigenvalue weighted by molar-refractivity contribution is -0.193. The van der Waals surface area contributed by atoms with E-state index in [9.17, 15) is 26.3 Å². The molecule has 0 bridgehead atoms. The highest BCUT2D eigenvalue weighted by Crippen LogP contribution is 2.43. The number of nitrogens with zero attached hydrogens (tertiary/aromatic N) is 3. The van der Waals surface area contributed by atoms with E-state index in [-0.39, 0.29) is 0 Å². The molecule has 2 aliphatic rings. The Morgan fingerprint density at radius 3 is 2.00 bits per heavy atom. The molecule has 2 saturated heterocycles. The average molecular weight is 582 g/mol. The maximum atomic E-state index is 10.6. The molecule has 1 atom stereocenters. The van der Waals surface area contributed by atoms with Gasteiger partial charge in [-0.15, -0.1) is 11.3 Å². The van der Waals surface area contributed by atoms with E-state index in [4.69, 9.17) is 29.3 Å². The Bertz CT molecular complexity index is 850. The fourth-order valence-corrected chi connectivity index (χ4v) is 5.13. The van der Waals surface area contributed by atoms with Gasteiger partial charge in [-0.3, -0.25) is 9.80 Å². The van der Waals surface area contributed by atoms with Crippen LogP contribution >= 0.6 is 11.3 Å². The van der Waals surface area contributed by atoms with Crippen LogP contribution in [0.15, 0.2) is 5.51 Å². The van der Waals surface area contributed by atoms with E-state index in [0.29, 0.717) is 11.5 Å². The molecule has 0 saturated carbocycles. The molecule has 1 aromatic rings. The van der Waals surface area contributed by atoms with Crippen molar-refractivity contribution < 1.29 is 55.6 Å². The zero-order chi connectivity index (χ0) is 29.1. The van der Waals surface area contributed by atoms with Crippen molar-refractivity contribution in [2.24, 2.45) is 5.41 Å². The van der Waals surface area contributed by atoms with Gasteiger partial charge in [-0.05, 0) is 44.7 Å². The van der Waals surface area contributed by atoms with Gasteiger partial charge in [-0.2, -0.15) is 26.3 Å². The highest BCUT2D eigenvalue weighted by atomic mass is 32.1. The van der Waals surface area contributed by atoms with E-state index >= 15 is 0 Å². The number of aromatic nitrogens is 1. The van der Waals surface area contributed by atoms with Crippen molar-refractivity contribution in [1.29, 1.82) is 0 Å². The number of hydrogen-bond donors (Lipinski definition) is 2. The molecule has 1 aromatic heterocycles. The molecular weight excluding hydrogens is 548 g/mol. The number of thiazole rings is 1. The minimum absolute atomic E-state index is 0.482. The summed E-state index contributed by atoms with van der Waals surface area (Å²) in [4.78, 5) is 28.8. The molecule has 2 fully saturated rings. The summed E-state index contributed by atoms with van der Waals surface area (Å²) in [7, 11) is 3.61. The summed E-state index contributed by atoms with van der Waals surface area (Å²) in [6.45, 7) is 9.49. The van der Waals surface area contributed by atoms with E-state index in [1.54, 1.807) is 18.4 Å². The molecule has 16 heteroatoms. The van der Waals surface area contributed by atoms with Gasteiger partial charge in [0.05, 0.1) is 24.4 Å². The summed E-state index contributed by atoms with van der Waals surface area (Å²) in [5.41, 5.74) is 3.65. The van der Waals surface area contributed by atoms with Crippen molar-refractivity contribution in [3.63, 3.8) is 0 Å². The molecule has 0 radical (unpaired) electrons. The van der Waals surface area contributed by atoms with Crippen LogP contribution in [0, 0.1) is 12.3 Å². The van der Waals surface area contributed by atoms with Crippen LogP contribution in [0.5, 0.6) is 0 Å². The van der Waals surface area contributed by atoms with E-state index < -0.39 is 24.3 Å². The van der Waals surface area contributed by atoms with Gasteiger partial charge in [0, 0.05) is 44.8 Å². The van der Waals surface area contributed by atoms with E-state index in [2.05, 4.69) is 21.7 Å². The Labute approximate surface area is 220 Å². The average Bonchev–Trinajstić information content (AvgIpc) is 3.36. The monoisotopic (exact) mass is 581 g/mol. The van der Waals surface area contributed by atoms with E-state index in [1.165, 1.54) is 49.5 Å². The molecular formula is C22H33F6N3O6S. The SMILES string of the molecule is COCCN1CC2(CCN(Cc3scnc3C)CC2)CC1COC.O=C(O)C(F)(F)F.O=C(O)C(F)(F)F. The third kappa shape index (κ3) is 11.4. The Hall–Kier alpha value is -2.01. The van der Waals surface area contributed by atoms with Crippen molar-refractivity contribution in [2.45, 2.75) is 51.1 Å². The van der Waals surface area contributed by atoms with Crippen LogP contribution in [-0.4, -0.2) is 109 Å². The van der Waals surface area contributed by atoms with Crippen molar-refractivity contribution >= 4 is 23.3 Å². The van der Waals surface area contributed by atoms with Gasteiger partial charge in [0.2, 0.25) is 0 Å². The Balaban J connectivity index is 0.000000426. The number of carboxylic acid groups (broad SMARTS) is 2. The van der Waals surface area contributed by atoms with Crippen LogP contribution in [0.25, 0.3) is 0 Å². The molecule has 38 heavy (non-hydrogen) atoms. The summed E-state index contributed by atoms with van der Waals surface area (Å²) in [6, 6.07) is 0.556. The maximum Gasteiger partial charge on any atom is 0.490 e. The van der Waals surface area contributed by atoms with Crippen molar-refractivity contribution in [2.75, 3.05) is 53.6 Å². The van der Waals surface area contributed by atoms with Gasteiger partial charge in [-0.25, -0.2) is 14.6 Å². The molecule has 9 nitrogen and oxygen atoms in total. The number of alkyl halides is 6. The molecule has 0 aromatic carbocycles. The van der Waals surface area contributed by atoms with Gasteiger partial charge in [0.1, 0.15) is 0 Å². The number of hydrogen-bond acceptors (Lipinski definition) is 8. The molecule has 2 N–H and O–H groups in total. The molecule has 1 spiro atoms. The number of piperidine rings is 1. The number of likely N-dealkylation sites (tertiary alicyclic amines) is 2. The standard InChI is InChI=1S/C18H31N3O2S.2C2HF3O2/c1-15-17(24-14-19-15)11-20-6-4-18(5-7-20)10-16(12-23-3)21(13-18)8-9-22-2;2*3-2(4,5)1(6)7/h14,16H,4-13H2,1-3H3;2*(H,6,7). The second kappa shape index (κ2) is 15.0. The smallest absolute Gasteiger partial charge is 0.475 e. The number of rotatable bonds is 7. The number of aryl methyl sites for hydroxylation is 1. The summed E-state index contributed by atoms with van der Waals surface area (Å²) in [6.07, 6.45) is -6.29. The van der Waals surface area contributed by atoms with E-state index in [1.807, 2.05) is 12.6 Å². The second-order valence-corrected chi connectivity index (χ2v) is 9.96. The van der Waals surface area contributed by atoms with Gasteiger partial charge in [0.15, 0.2) is 0 Å². The molecule has 3 rings (SSSR count). The normalized spacial score (nSPS) is 19.9. The van der Waals surface area contributed by atoms with E-state index in [0.717, 1.165) is 26.3 Å². The number of ether oxygens (including phenoxy) is 2. The first kappa shape index (κ1) is 34.0. The second-order valence-electron chi connectivity index (χ2n) is 9.02. The van der Waals surface area contributed by atoms with Crippen LogP contribution < -0.4 is 0 Å². The number of aliphatic carboxylic acids is 2. The van der Waals surface area contributed by atoms with Gasteiger partial charge in [-0.1, -0.05) is 0 Å². The summed E-state index contributed by atoms with van der Waals surface area (Å²) in [5.74, 6) is -5.51. The predicted molar refractivity (Wildman–Crippen MR) is 125 cm³/mol. The minimum atomic E-state index is -5.08. The van der Waals surface area contributed by atoms with Gasteiger partial charge >= 0.3 is 24.3 Å². The lowest BCUT2D eigenvalue weighted by atomic mass is 9.76. The number of carbonyl (C=O) groups is 2. The number of halogens is 6. The fourth-order valence-electron chi connectivity index (χ4n) is 4.31. The number of carboxylic acids is 2. The van der Waals surface area contributed by atoms with Crippen LogP contribution in [0.1, 0.15) is 29.8 Å². The largest absolute Gasteiger partial charge is 0.490 e. The maximum absolute atomic E-state index is 10.6. The first-order valence-corrected chi connectivity index (χ1v) is 12.4. The van der Waals surface area contributed by atoms with Crippen LogP contribution in [0.3, 0.4) is 0 Å². The Kier molecular flexibility index (Phi) is 13.4. The molecule has 2 aliphatic heterocycles. The Morgan fingerprint density at radius 2 is 1.61 bits per heavy atom. The molecule has 220 valence electrons. The molecule has 3 heterocycles. The molecule has 0 aliphatic carbocycles. The van der Waals surface area contributed by atoms with Crippen molar-refractivity contribution in [1.82, 2.24) is 14.8 Å². The lowest BCUT2D eigenvalue weighted by Crippen LogP contribution is -2.41. The summed E-state index contributed by atoms with van der Waals surface area (Å²) in [5, 5.41) is 14.2. The highest BCUT2D eigenvalue weighted by Gasteiger charge is 2.45. The highest BCUT2D eigenvalue weighted by molar-refractivity contribution is 7.09. The fraction of sp³-hybridized carbons (Fsp3) is 0.773. The zero-order valence-electron chi connectivity index (χ0n) is 21.3. The van der Waals surface area contributed by atoms with Crippen LogP contribution in [0.4, 0.5) is 26.3 Å². The molecule has 1 unspecified atom stereocenters. The predicted octanol–water partition coefficient (Wildman–Crippen LogP) is 3.67. The van der Waals surface area contributed by atoms with Crippen molar-refractivity contribution in [3.8, 4) is 0 Å².